The fourth-order valence-corrected chi connectivity index (χ4v) is 6.32. The molecule has 1 saturated heterocycles. The second-order valence-electron chi connectivity index (χ2n) is 7.75. The topological polar surface area (TPSA) is 122 Å². The molecule has 188 valence electrons. The van der Waals surface area contributed by atoms with E-state index in [1.54, 1.807) is 24.3 Å². The predicted octanol–water partition coefficient (Wildman–Crippen LogP) is 4.46. The van der Waals surface area contributed by atoms with Gasteiger partial charge in [-0.1, -0.05) is 23.5 Å². The van der Waals surface area contributed by atoms with E-state index in [0.29, 0.717) is 34.3 Å². The van der Waals surface area contributed by atoms with E-state index in [-0.39, 0.29) is 24.4 Å². The van der Waals surface area contributed by atoms with Crippen LogP contribution >= 0.6 is 23.1 Å². The van der Waals surface area contributed by atoms with Crippen LogP contribution in [0.5, 0.6) is 0 Å². The molecule has 36 heavy (non-hydrogen) atoms. The van der Waals surface area contributed by atoms with Crippen molar-refractivity contribution in [3.8, 4) is 11.1 Å². The molecule has 1 aliphatic rings. The lowest BCUT2D eigenvalue weighted by Gasteiger charge is -2.34. The standard InChI is InChI=1S/C20H14F4N6O3S3/c21-11-8-13(15-14(9-11)27-35-28-15)10-2-4-12(5-3-10)29-6-1-7-30(19(29)31)18-26-16(20(22,23)24)17(34-18)36(25,32)33/h2-5,8-9H,1,6-7H2,(H2,25,32,33). The molecule has 0 saturated carbocycles. The molecule has 1 fully saturated rings. The third-order valence-electron chi connectivity index (χ3n) is 5.38. The molecule has 1 aliphatic heterocycles. The second kappa shape index (κ2) is 8.72. The zero-order valence-corrected chi connectivity index (χ0v) is 20.3. The van der Waals surface area contributed by atoms with Crippen LogP contribution in [0.4, 0.5) is 33.2 Å². The van der Waals surface area contributed by atoms with E-state index in [0.717, 1.165) is 16.6 Å². The summed E-state index contributed by atoms with van der Waals surface area (Å²) in [7, 11) is -4.71. The molecule has 2 aromatic heterocycles. The number of fused-ring (bicyclic) bond motifs is 1. The average molecular weight is 559 g/mol. The number of aromatic nitrogens is 3. The van der Waals surface area contributed by atoms with Crippen LogP contribution in [0.2, 0.25) is 0 Å². The van der Waals surface area contributed by atoms with Crippen molar-refractivity contribution in [1.82, 2.24) is 13.7 Å². The number of benzene rings is 2. The Kier molecular flexibility index (Phi) is 5.93. The molecule has 5 rings (SSSR count). The summed E-state index contributed by atoms with van der Waals surface area (Å²) in [4.78, 5) is 18.9. The van der Waals surface area contributed by atoms with E-state index in [9.17, 15) is 30.8 Å². The van der Waals surface area contributed by atoms with Crippen LogP contribution in [-0.4, -0.2) is 41.3 Å². The van der Waals surface area contributed by atoms with E-state index in [1.165, 1.54) is 17.0 Å². The summed E-state index contributed by atoms with van der Waals surface area (Å²) in [6, 6.07) is 8.50. The number of alkyl halides is 3. The van der Waals surface area contributed by atoms with Crippen molar-refractivity contribution in [3.05, 3.63) is 47.9 Å². The summed E-state index contributed by atoms with van der Waals surface area (Å²) >= 11 is 1.15. The molecule has 9 nitrogen and oxygen atoms in total. The highest BCUT2D eigenvalue weighted by atomic mass is 32.2. The molecule has 3 heterocycles. The number of thiazole rings is 1. The lowest BCUT2D eigenvalue weighted by Crippen LogP contribution is -2.49. The van der Waals surface area contributed by atoms with Gasteiger partial charge in [-0.05, 0) is 30.2 Å². The van der Waals surface area contributed by atoms with Gasteiger partial charge in [-0.15, -0.1) is 0 Å². The van der Waals surface area contributed by atoms with Crippen LogP contribution in [0, 0.1) is 5.82 Å². The monoisotopic (exact) mass is 558 g/mol. The number of amides is 2. The van der Waals surface area contributed by atoms with Gasteiger partial charge < -0.3 is 0 Å². The number of urea groups is 1. The second-order valence-corrected chi connectivity index (χ2v) is 11.0. The molecule has 0 unspecified atom stereocenters. The van der Waals surface area contributed by atoms with Gasteiger partial charge in [0.2, 0.25) is 10.0 Å². The molecule has 4 aromatic rings. The highest BCUT2D eigenvalue weighted by Gasteiger charge is 2.42. The Morgan fingerprint density at radius 2 is 1.72 bits per heavy atom. The SMILES string of the molecule is NS(=O)(=O)c1sc(N2CCCN(c3ccc(-c4cc(F)cc5nsnc45)cc3)C2=O)nc1C(F)(F)F. The van der Waals surface area contributed by atoms with E-state index in [4.69, 9.17) is 5.14 Å². The maximum Gasteiger partial charge on any atom is 0.435 e. The maximum absolute atomic E-state index is 14.0. The number of hydrogen-bond donors (Lipinski definition) is 1. The third-order valence-corrected chi connectivity index (χ3v) is 8.46. The summed E-state index contributed by atoms with van der Waals surface area (Å²) in [5.74, 6) is -0.475. The van der Waals surface area contributed by atoms with Crippen LogP contribution in [-0.2, 0) is 16.2 Å². The summed E-state index contributed by atoms with van der Waals surface area (Å²) in [6.07, 6.45) is -4.69. The van der Waals surface area contributed by atoms with Gasteiger partial charge in [-0.25, -0.2) is 27.7 Å². The number of sulfonamides is 1. The van der Waals surface area contributed by atoms with Gasteiger partial charge in [0.15, 0.2) is 15.0 Å². The maximum atomic E-state index is 14.0. The minimum absolute atomic E-state index is 0.0420. The van der Waals surface area contributed by atoms with Crippen molar-refractivity contribution in [2.45, 2.75) is 16.8 Å². The van der Waals surface area contributed by atoms with Gasteiger partial charge in [0, 0.05) is 30.4 Å². The number of primary sulfonamides is 1. The van der Waals surface area contributed by atoms with E-state index >= 15 is 0 Å². The number of nitrogens with zero attached hydrogens (tertiary/aromatic N) is 5. The minimum Gasteiger partial charge on any atom is -0.294 e. The first-order valence-corrected chi connectivity index (χ1v) is 13.2. The largest absolute Gasteiger partial charge is 0.435 e. The summed E-state index contributed by atoms with van der Waals surface area (Å²) in [6.45, 7) is 0.314. The van der Waals surface area contributed by atoms with Crippen LogP contribution in [0.15, 0.2) is 40.6 Å². The van der Waals surface area contributed by atoms with Gasteiger partial charge in [-0.3, -0.25) is 9.80 Å². The molecule has 16 heteroatoms. The van der Waals surface area contributed by atoms with Gasteiger partial charge >= 0.3 is 12.2 Å². The van der Waals surface area contributed by atoms with Crippen LogP contribution in [0.25, 0.3) is 22.2 Å². The highest BCUT2D eigenvalue weighted by Crippen LogP contribution is 2.40. The van der Waals surface area contributed by atoms with Gasteiger partial charge in [0.05, 0.1) is 11.7 Å². The fourth-order valence-electron chi connectivity index (χ4n) is 3.82. The van der Waals surface area contributed by atoms with Crippen molar-refractivity contribution in [2.24, 2.45) is 5.14 Å². The Labute approximate surface area is 209 Å². The Morgan fingerprint density at radius 3 is 2.36 bits per heavy atom. The van der Waals surface area contributed by atoms with E-state index in [1.807, 2.05) is 0 Å². The van der Waals surface area contributed by atoms with Crippen LogP contribution in [0.3, 0.4) is 0 Å². The molecule has 2 aromatic carbocycles. The molecule has 0 radical (unpaired) electrons. The zero-order chi connectivity index (χ0) is 25.8. The number of hydrogen-bond acceptors (Lipinski definition) is 8. The first-order valence-electron chi connectivity index (χ1n) is 10.2. The van der Waals surface area contributed by atoms with E-state index < -0.39 is 43.1 Å². The molecule has 0 aliphatic carbocycles. The first-order chi connectivity index (χ1) is 16.9. The average Bonchev–Trinajstić information content (AvgIpc) is 3.46. The summed E-state index contributed by atoms with van der Waals surface area (Å²) in [5, 5.41) is 4.53. The number of anilines is 2. The minimum atomic E-state index is -5.07. The van der Waals surface area contributed by atoms with Crippen molar-refractivity contribution in [3.63, 3.8) is 0 Å². The van der Waals surface area contributed by atoms with Gasteiger partial charge in [0.25, 0.3) is 0 Å². The van der Waals surface area contributed by atoms with Crippen molar-refractivity contribution < 1.29 is 30.8 Å². The lowest BCUT2D eigenvalue weighted by atomic mass is 10.0. The Morgan fingerprint density at radius 1 is 1.03 bits per heavy atom. The third kappa shape index (κ3) is 4.40. The Bertz CT molecular complexity index is 1580. The number of carbonyl (C=O) groups is 1. The lowest BCUT2D eigenvalue weighted by molar-refractivity contribution is -0.142. The number of rotatable bonds is 4. The zero-order valence-electron chi connectivity index (χ0n) is 17.9. The predicted molar refractivity (Wildman–Crippen MR) is 126 cm³/mol. The molecule has 0 atom stereocenters. The Hall–Kier alpha value is -3.21. The molecular formula is C20H14F4N6O3S3. The molecular weight excluding hydrogens is 544 g/mol. The number of nitrogens with two attached hydrogens (primary N) is 1. The molecule has 2 N–H and O–H groups in total. The van der Waals surface area contributed by atoms with Crippen molar-refractivity contribution >= 4 is 61.0 Å². The normalized spacial score (nSPS) is 15.2. The smallest absolute Gasteiger partial charge is 0.294 e. The van der Waals surface area contributed by atoms with Gasteiger partial charge in [-0.2, -0.15) is 21.9 Å². The first kappa shape index (κ1) is 24.5. The molecule has 0 bridgehead atoms. The summed E-state index contributed by atoms with van der Waals surface area (Å²) < 4.78 is 84.6. The van der Waals surface area contributed by atoms with Crippen molar-refractivity contribution in [2.75, 3.05) is 22.9 Å². The van der Waals surface area contributed by atoms with Crippen LogP contribution in [0.1, 0.15) is 12.1 Å². The Balaban J connectivity index is 1.46. The number of halogens is 4. The highest BCUT2D eigenvalue weighted by molar-refractivity contribution is 7.91. The molecule has 0 spiro atoms. The van der Waals surface area contributed by atoms with Crippen LogP contribution < -0.4 is 14.9 Å². The fraction of sp³-hybridized carbons (Fsp3) is 0.200. The summed E-state index contributed by atoms with van der Waals surface area (Å²) in [5.41, 5.74) is 0.888. The van der Waals surface area contributed by atoms with Gasteiger partial charge in [0.1, 0.15) is 16.9 Å². The molecule has 2 amide bonds. The van der Waals surface area contributed by atoms with E-state index in [2.05, 4.69) is 13.7 Å². The number of carbonyl (C=O) groups excluding carboxylic acids is 1. The quantitative estimate of drug-likeness (QED) is 0.369. The van der Waals surface area contributed by atoms with Crippen molar-refractivity contribution in [1.29, 1.82) is 0 Å².